The highest BCUT2D eigenvalue weighted by Gasteiger charge is 2.07. The molecule has 0 fully saturated rings. The van der Waals surface area contributed by atoms with Crippen molar-refractivity contribution in [2.75, 3.05) is 13.7 Å². The molecule has 1 aromatic carbocycles. The van der Waals surface area contributed by atoms with Gasteiger partial charge in [0.05, 0.1) is 13.5 Å². The molecule has 0 aliphatic carbocycles. The van der Waals surface area contributed by atoms with E-state index >= 15 is 0 Å². The van der Waals surface area contributed by atoms with Crippen LogP contribution in [-0.2, 0) is 16.0 Å². The van der Waals surface area contributed by atoms with Gasteiger partial charge in [-0.2, -0.15) is 0 Å². The Balaban J connectivity index is 2.25. The standard InChI is InChI=1S/C14H21NO2/c1-11-5-4-6-13(9-11)7-8-15-12(2)10-14(16)17-3/h4-6,9,12,15H,7-8,10H2,1-3H3. The second-order valence-corrected chi connectivity index (χ2v) is 4.37. The summed E-state index contributed by atoms with van der Waals surface area (Å²) >= 11 is 0. The lowest BCUT2D eigenvalue weighted by atomic mass is 10.1. The first kappa shape index (κ1) is 13.7. The van der Waals surface area contributed by atoms with Gasteiger partial charge in [-0.15, -0.1) is 0 Å². The maximum Gasteiger partial charge on any atom is 0.307 e. The zero-order valence-electron chi connectivity index (χ0n) is 10.8. The average molecular weight is 235 g/mol. The molecule has 0 aliphatic rings. The van der Waals surface area contributed by atoms with Crippen molar-refractivity contribution in [3.05, 3.63) is 35.4 Å². The maximum absolute atomic E-state index is 11.0. The Morgan fingerprint density at radius 3 is 2.88 bits per heavy atom. The molecule has 17 heavy (non-hydrogen) atoms. The smallest absolute Gasteiger partial charge is 0.307 e. The molecule has 0 aliphatic heterocycles. The number of hydrogen-bond donors (Lipinski definition) is 1. The maximum atomic E-state index is 11.0. The van der Waals surface area contributed by atoms with Crippen LogP contribution in [0.15, 0.2) is 24.3 Å². The van der Waals surface area contributed by atoms with E-state index in [1.165, 1.54) is 18.2 Å². The van der Waals surface area contributed by atoms with E-state index in [1.807, 2.05) is 6.92 Å². The van der Waals surface area contributed by atoms with Gasteiger partial charge in [-0.25, -0.2) is 0 Å². The summed E-state index contributed by atoms with van der Waals surface area (Å²) < 4.78 is 4.62. The van der Waals surface area contributed by atoms with Gasteiger partial charge >= 0.3 is 5.97 Å². The van der Waals surface area contributed by atoms with Crippen LogP contribution >= 0.6 is 0 Å². The molecule has 1 N–H and O–H groups in total. The molecule has 0 spiro atoms. The minimum Gasteiger partial charge on any atom is -0.469 e. The molecule has 3 heteroatoms. The molecule has 1 atom stereocenters. The SMILES string of the molecule is COC(=O)CC(C)NCCc1cccc(C)c1. The molecule has 0 saturated heterocycles. The van der Waals surface area contributed by atoms with Crippen molar-refractivity contribution in [1.82, 2.24) is 5.32 Å². The number of carbonyl (C=O) groups is 1. The fraction of sp³-hybridized carbons (Fsp3) is 0.500. The van der Waals surface area contributed by atoms with E-state index in [0.29, 0.717) is 6.42 Å². The predicted molar refractivity (Wildman–Crippen MR) is 69.0 cm³/mol. The zero-order valence-corrected chi connectivity index (χ0v) is 10.8. The average Bonchev–Trinajstić information content (AvgIpc) is 2.29. The molecular weight excluding hydrogens is 214 g/mol. The van der Waals surface area contributed by atoms with Crippen molar-refractivity contribution in [2.24, 2.45) is 0 Å². The second kappa shape index (κ2) is 7.07. The molecular formula is C14H21NO2. The number of aryl methyl sites for hydroxylation is 1. The summed E-state index contributed by atoms with van der Waals surface area (Å²) in [6.07, 6.45) is 1.40. The Morgan fingerprint density at radius 1 is 1.47 bits per heavy atom. The quantitative estimate of drug-likeness (QED) is 0.767. The molecule has 1 unspecified atom stereocenters. The Labute approximate surface area is 103 Å². The van der Waals surface area contributed by atoms with E-state index in [1.54, 1.807) is 0 Å². The monoisotopic (exact) mass is 235 g/mol. The molecule has 0 bridgehead atoms. The highest BCUT2D eigenvalue weighted by molar-refractivity contribution is 5.69. The number of benzene rings is 1. The van der Waals surface area contributed by atoms with Crippen molar-refractivity contribution in [3.8, 4) is 0 Å². The molecule has 0 saturated carbocycles. The number of ether oxygens (including phenoxy) is 1. The van der Waals surface area contributed by atoms with Crippen LogP contribution in [0.2, 0.25) is 0 Å². The summed E-state index contributed by atoms with van der Waals surface area (Å²) in [5, 5.41) is 3.31. The van der Waals surface area contributed by atoms with E-state index in [-0.39, 0.29) is 12.0 Å². The number of methoxy groups -OCH3 is 1. The first-order chi connectivity index (χ1) is 8.11. The van der Waals surface area contributed by atoms with Crippen LogP contribution in [0, 0.1) is 6.92 Å². The Bertz CT molecular complexity index is 363. The largest absolute Gasteiger partial charge is 0.469 e. The van der Waals surface area contributed by atoms with Crippen LogP contribution in [0.4, 0.5) is 0 Å². The molecule has 1 aromatic rings. The van der Waals surface area contributed by atoms with Crippen LogP contribution in [0.1, 0.15) is 24.5 Å². The number of nitrogens with one attached hydrogen (secondary N) is 1. The molecule has 0 aromatic heterocycles. The lowest BCUT2D eigenvalue weighted by molar-refractivity contribution is -0.141. The Hall–Kier alpha value is -1.35. The normalized spacial score (nSPS) is 12.2. The third-order valence-corrected chi connectivity index (χ3v) is 2.69. The number of carbonyl (C=O) groups excluding carboxylic acids is 1. The molecule has 3 nitrogen and oxygen atoms in total. The first-order valence-electron chi connectivity index (χ1n) is 5.97. The summed E-state index contributed by atoms with van der Waals surface area (Å²) in [6, 6.07) is 8.64. The molecule has 94 valence electrons. The summed E-state index contributed by atoms with van der Waals surface area (Å²) in [6.45, 7) is 4.96. The number of esters is 1. The van der Waals surface area contributed by atoms with Crippen molar-refractivity contribution in [2.45, 2.75) is 32.7 Å². The Kier molecular flexibility index (Phi) is 5.70. The molecule has 0 heterocycles. The Morgan fingerprint density at radius 2 is 2.24 bits per heavy atom. The minimum atomic E-state index is -0.166. The summed E-state index contributed by atoms with van der Waals surface area (Å²) in [4.78, 5) is 11.0. The molecule has 1 rings (SSSR count). The van der Waals surface area contributed by atoms with Crippen LogP contribution < -0.4 is 5.32 Å². The van der Waals surface area contributed by atoms with Gasteiger partial charge in [-0.05, 0) is 32.4 Å². The van der Waals surface area contributed by atoms with Crippen molar-refractivity contribution >= 4 is 5.97 Å². The highest BCUT2D eigenvalue weighted by Crippen LogP contribution is 2.04. The van der Waals surface area contributed by atoms with Crippen molar-refractivity contribution < 1.29 is 9.53 Å². The van der Waals surface area contributed by atoms with Crippen molar-refractivity contribution in [3.63, 3.8) is 0 Å². The van der Waals surface area contributed by atoms with Gasteiger partial charge in [0.25, 0.3) is 0 Å². The van der Waals surface area contributed by atoms with Gasteiger partial charge in [0.2, 0.25) is 0 Å². The second-order valence-electron chi connectivity index (χ2n) is 4.37. The van der Waals surface area contributed by atoms with Crippen LogP contribution in [-0.4, -0.2) is 25.7 Å². The zero-order chi connectivity index (χ0) is 12.7. The van der Waals surface area contributed by atoms with Gasteiger partial charge in [0, 0.05) is 6.04 Å². The lowest BCUT2D eigenvalue weighted by Crippen LogP contribution is -2.30. The van der Waals surface area contributed by atoms with E-state index < -0.39 is 0 Å². The van der Waals surface area contributed by atoms with Crippen LogP contribution in [0.5, 0.6) is 0 Å². The van der Waals surface area contributed by atoms with Gasteiger partial charge in [0.1, 0.15) is 0 Å². The van der Waals surface area contributed by atoms with Crippen molar-refractivity contribution in [1.29, 1.82) is 0 Å². The fourth-order valence-corrected chi connectivity index (χ4v) is 1.74. The third-order valence-electron chi connectivity index (χ3n) is 2.69. The van der Waals surface area contributed by atoms with Gasteiger partial charge in [0.15, 0.2) is 0 Å². The lowest BCUT2D eigenvalue weighted by Gasteiger charge is -2.12. The summed E-state index contributed by atoms with van der Waals surface area (Å²) in [5.41, 5.74) is 2.60. The van der Waals surface area contributed by atoms with Gasteiger partial charge < -0.3 is 10.1 Å². The van der Waals surface area contributed by atoms with E-state index in [4.69, 9.17) is 0 Å². The predicted octanol–water partition coefficient (Wildman–Crippen LogP) is 2.08. The highest BCUT2D eigenvalue weighted by atomic mass is 16.5. The van der Waals surface area contributed by atoms with E-state index in [0.717, 1.165) is 13.0 Å². The first-order valence-corrected chi connectivity index (χ1v) is 5.97. The van der Waals surface area contributed by atoms with Gasteiger partial charge in [-0.1, -0.05) is 29.8 Å². The van der Waals surface area contributed by atoms with Gasteiger partial charge in [-0.3, -0.25) is 4.79 Å². The third kappa shape index (κ3) is 5.50. The number of hydrogen-bond acceptors (Lipinski definition) is 3. The minimum absolute atomic E-state index is 0.159. The van der Waals surface area contributed by atoms with Crippen LogP contribution in [0.25, 0.3) is 0 Å². The van der Waals surface area contributed by atoms with E-state index in [9.17, 15) is 4.79 Å². The molecule has 0 amide bonds. The topological polar surface area (TPSA) is 38.3 Å². The summed E-state index contributed by atoms with van der Waals surface area (Å²) in [7, 11) is 1.42. The van der Waals surface area contributed by atoms with E-state index in [2.05, 4.69) is 41.2 Å². The fourth-order valence-electron chi connectivity index (χ4n) is 1.74. The number of rotatable bonds is 6. The van der Waals surface area contributed by atoms with Crippen LogP contribution in [0.3, 0.4) is 0 Å². The summed E-state index contributed by atoms with van der Waals surface area (Å²) in [5.74, 6) is -0.166. The molecule has 0 radical (unpaired) electrons.